The lowest BCUT2D eigenvalue weighted by atomic mass is 10.1. The predicted octanol–water partition coefficient (Wildman–Crippen LogP) is 4.33. The van der Waals surface area contributed by atoms with E-state index in [4.69, 9.17) is 21.1 Å². The maximum absolute atomic E-state index is 12.0. The molecule has 0 saturated carbocycles. The van der Waals surface area contributed by atoms with Crippen LogP contribution >= 0.6 is 11.6 Å². The van der Waals surface area contributed by atoms with Gasteiger partial charge < -0.3 is 9.47 Å². The van der Waals surface area contributed by atoms with Crippen LogP contribution in [0.4, 0.5) is 0 Å². The molecule has 0 saturated heterocycles. The van der Waals surface area contributed by atoms with Crippen molar-refractivity contribution >= 4 is 29.4 Å². The molecule has 4 heteroatoms. The molecule has 110 valence electrons. The maximum atomic E-state index is 12.0. The molecule has 22 heavy (non-hydrogen) atoms. The Morgan fingerprint density at radius 2 is 1.73 bits per heavy atom. The highest BCUT2D eigenvalue weighted by molar-refractivity contribution is 6.30. The third-order valence-electron chi connectivity index (χ3n) is 3.29. The van der Waals surface area contributed by atoms with E-state index in [-0.39, 0.29) is 5.97 Å². The second-order valence-electron chi connectivity index (χ2n) is 4.78. The first-order chi connectivity index (χ1) is 10.7. The van der Waals surface area contributed by atoms with Crippen molar-refractivity contribution in [3.63, 3.8) is 0 Å². The summed E-state index contributed by atoms with van der Waals surface area (Å²) in [7, 11) is 1.61. The summed E-state index contributed by atoms with van der Waals surface area (Å²) in [5.41, 5.74) is 2.23. The lowest BCUT2D eigenvalue weighted by Gasteiger charge is -2.01. The van der Waals surface area contributed by atoms with Crippen LogP contribution in [0.5, 0.6) is 5.75 Å². The largest absolute Gasteiger partial charge is 0.497 e. The molecule has 0 spiro atoms. The molecule has 3 rings (SSSR count). The molecule has 0 bridgehead atoms. The van der Waals surface area contributed by atoms with Crippen molar-refractivity contribution in [2.24, 2.45) is 0 Å². The Labute approximate surface area is 133 Å². The van der Waals surface area contributed by atoms with E-state index in [1.54, 1.807) is 31.4 Å². The number of rotatable bonds is 3. The molecule has 2 aromatic rings. The van der Waals surface area contributed by atoms with Gasteiger partial charge in [-0.2, -0.15) is 0 Å². The Hall–Kier alpha value is -2.52. The summed E-state index contributed by atoms with van der Waals surface area (Å²) in [5.74, 6) is 0.941. The third kappa shape index (κ3) is 3.05. The van der Waals surface area contributed by atoms with E-state index in [0.717, 1.165) is 16.9 Å². The quantitative estimate of drug-likeness (QED) is 0.625. The van der Waals surface area contributed by atoms with Gasteiger partial charge >= 0.3 is 5.97 Å². The van der Waals surface area contributed by atoms with Crippen LogP contribution in [-0.2, 0) is 9.53 Å². The number of ether oxygens (including phenoxy) is 2. The summed E-state index contributed by atoms with van der Waals surface area (Å²) in [5, 5.41) is 0.641. The van der Waals surface area contributed by atoms with E-state index in [0.29, 0.717) is 16.4 Å². The first kappa shape index (κ1) is 14.4. The van der Waals surface area contributed by atoms with Gasteiger partial charge in [-0.1, -0.05) is 23.7 Å². The van der Waals surface area contributed by atoms with Crippen LogP contribution in [0.25, 0.3) is 11.8 Å². The summed E-state index contributed by atoms with van der Waals surface area (Å²) in [6.45, 7) is 0. The van der Waals surface area contributed by atoms with Crippen LogP contribution in [0, 0.1) is 0 Å². The van der Waals surface area contributed by atoms with Crippen LogP contribution in [-0.4, -0.2) is 13.1 Å². The summed E-state index contributed by atoms with van der Waals surface area (Å²) in [4.78, 5) is 12.0. The van der Waals surface area contributed by atoms with Gasteiger partial charge in [0.25, 0.3) is 0 Å². The van der Waals surface area contributed by atoms with E-state index in [1.807, 2.05) is 36.4 Å². The van der Waals surface area contributed by atoms with Crippen LogP contribution < -0.4 is 4.74 Å². The molecule has 1 aliphatic rings. The molecule has 0 unspecified atom stereocenters. The number of carbonyl (C=O) groups is 1. The number of carbonyl (C=O) groups excluding carboxylic acids is 1. The molecular formula is C18H13ClO3. The second-order valence-corrected chi connectivity index (χ2v) is 5.21. The Kier molecular flexibility index (Phi) is 3.98. The third-order valence-corrected chi connectivity index (χ3v) is 3.54. The van der Waals surface area contributed by atoms with Crippen molar-refractivity contribution in [2.75, 3.05) is 7.11 Å². The van der Waals surface area contributed by atoms with Gasteiger partial charge in [0, 0.05) is 10.6 Å². The molecule has 3 nitrogen and oxygen atoms in total. The highest BCUT2D eigenvalue weighted by Crippen LogP contribution is 2.28. The Balaban J connectivity index is 1.88. The lowest BCUT2D eigenvalue weighted by molar-refractivity contribution is -0.130. The molecule has 0 amide bonds. The molecule has 1 heterocycles. The first-order valence-electron chi connectivity index (χ1n) is 6.71. The number of methoxy groups -OCH3 is 1. The molecular weight excluding hydrogens is 300 g/mol. The summed E-state index contributed by atoms with van der Waals surface area (Å²) in [6, 6.07) is 14.6. The number of esters is 1. The minimum atomic E-state index is -0.360. The normalized spacial score (nSPS) is 15.6. The average molecular weight is 313 g/mol. The van der Waals surface area contributed by atoms with E-state index >= 15 is 0 Å². The lowest BCUT2D eigenvalue weighted by Crippen LogP contribution is -1.97. The van der Waals surface area contributed by atoms with E-state index < -0.39 is 0 Å². The molecule has 2 aromatic carbocycles. The van der Waals surface area contributed by atoms with Crippen LogP contribution in [0.15, 0.2) is 60.2 Å². The fraction of sp³-hybridized carbons (Fsp3) is 0.0556. The molecule has 0 aromatic heterocycles. The van der Waals surface area contributed by atoms with Gasteiger partial charge in [0.2, 0.25) is 0 Å². The maximum Gasteiger partial charge on any atom is 0.343 e. The fourth-order valence-corrected chi connectivity index (χ4v) is 2.25. The number of halogens is 1. The zero-order valence-electron chi connectivity index (χ0n) is 11.9. The van der Waals surface area contributed by atoms with Crippen molar-refractivity contribution < 1.29 is 14.3 Å². The van der Waals surface area contributed by atoms with Crippen molar-refractivity contribution in [1.82, 2.24) is 0 Å². The van der Waals surface area contributed by atoms with E-state index in [1.165, 1.54) is 0 Å². The van der Waals surface area contributed by atoms with Gasteiger partial charge in [-0.05, 0) is 54.1 Å². The Bertz CT molecular complexity index is 756. The van der Waals surface area contributed by atoms with E-state index in [9.17, 15) is 4.79 Å². The number of hydrogen-bond donors (Lipinski definition) is 0. The molecule has 1 aliphatic heterocycles. The minimum Gasteiger partial charge on any atom is -0.497 e. The second kappa shape index (κ2) is 6.08. The number of cyclic esters (lactones) is 1. The SMILES string of the molecule is COc1ccc(/C=C2\C=C(c3ccc(Cl)cc3)OC2=O)cc1. The zero-order valence-corrected chi connectivity index (χ0v) is 12.6. The molecule has 0 atom stereocenters. The Morgan fingerprint density at radius 1 is 1.05 bits per heavy atom. The minimum absolute atomic E-state index is 0.360. The standard InChI is InChI=1S/C18H13ClO3/c1-21-16-8-2-12(3-9-16)10-14-11-17(22-18(14)20)13-4-6-15(19)7-5-13/h2-11H,1H3/b14-10+. The first-order valence-corrected chi connectivity index (χ1v) is 7.09. The van der Waals surface area contributed by atoms with Crippen molar-refractivity contribution in [1.29, 1.82) is 0 Å². The predicted molar refractivity (Wildman–Crippen MR) is 86.5 cm³/mol. The van der Waals surface area contributed by atoms with Gasteiger partial charge in [0.15, 0.2) is 0 Å². The van der Waals surface area contributed by atoms with Crippen LogP contribution in [0.3, 0.4) is 0 Å². The number of benzene rings is 2. The zero-order chi connectivity index (χ0) is 15.5. The topological polar surface area (TPSA) is 35.5 Å². The molecule has 0 aliphatic carbocycles. The van der Waals surface area contributed by atoms with Crippen molar-refractivity contribution in [3.05, 3.63) is 76.3 Å². The van der Waals surface area contributed by atoms with Crippen LogP contribution in [0.2, 0.25) is 5.02 Å². The fourth-order valence-electron chi connectivity index (χ4n) is 2.13. The van der Waals surface area contributed by atoms with Crippen LogP contribution in [0.1, 0.15) is 11.1 Å². The summed E-state index contributed by atoms with van der Waals surface area (Å²) in [6.07, 6.45) is 3.51. The van der Waals surface area contributed by atoms with Gasteiger partial charge in [0.05, 0.1) is 12.7 Å². The monoisotopic (exact) mass is 312 g/mol. The number of hydrogen-bond acceptors (Lipinski definition) is 3. The van der Waals surface area contributed by atoms with Gasteiger partial charge in [-0.25, -0.2) is 4.79 Å². The van der Waals surface area contributed by atoms with Crippen molar-refractivity contribution in [3.8, 4) is 5.75 Å². The highest BCUT2D eigenvalue weighted by atomic mass is 35.5. The Morgan fingerprint density at radius 3 is 2.36 bits per heavy atom. The summed E-state index contributed by atoms with van der Waals surface area (Å²) >= 11 is 5.86. The van der Waals surface area contributed by atoms with Gasteiger partial charge in [-0.15, -0.1) is 0 Å². The molecule has 0 radical (unpaired) electrons. The van der Waals surface area contributed by atoms with Gasteiger partial charge in [0.1, 0.15) is 11.5 Å². The van der Waals surface area contributed by atoms with Crippen molar-refractivity contribution in [2.45, 2.75) is 0 Å². The van der Waals surface area contributed by atoms with Gasteiger partial charge in [-0.3, -0.25) is 0 Å². The average Bonchev–Trinajstić information content (AvgIpc) is 2.90. The van der Waals surface area contributed by atoms with E-state index in [2.05, 4.69) is 0 Å². The smallest absolute Gasteiger partial charge is 0.343 e. The summed E-state index contributed by atoms with van der Waals surface area (Å²) < 4.78 is 10.4. The molecule has 0 N–H and O–H groups in total. The molecule has 0 fully saturated rings. The highest BCUT2D eigenvalue weighted by Gasteiger charge is 2.21.